The molecule has 0 heterocycles. The molecule has 1 N–H and O–H groups in total. The number of hydrogen-bond donors (Lipinski definition) is 1. The normalized spacial score (nSPS) is 11.2. The van der Waals surface area contributed by atoms with Gasteiger partial charge < -0.3 is 5.32 Å². The van der Waals surface area contributed by atoms with Gasteiger partial charge in [0.05, 0.1) is 17.7 Å². The van der Waals surface area contributed by atoms with Crippen LogP contribution in [0.3, 0.4) is 0 Å². The number of hydrogen-bond acceptors (Lipinski definition) is 2. The number of nitrogens with one attached hydrogen (secondary N) is 1. The zero-order valence-electron chi connectivity index (χ0n) is 9.13. The first-order chi connectivity index (χ1) is 7.69. The standard InChI is InChI=1S/C13H13BrN2/c1-3-5-12(4-2)16-13-7-10(9-15)6-11(14)8-13/h2,6-8,12,16H,3,5H2,1H3. The van der Waals surface area contributed by atoms with Crippen molar-refractivity contribution in [3.05, 3.63) is 28.2 Å². The number of nitriles is 1. The maximum atomic E-state index is 8.84. The summed E-state index contributed by atoms with van der Waals surface area (Å²) in [5.74, 6) is 2.70. The Kier molecular flexibility index (Phi) is 4.89. The van der Waals surface area contributed by atoms with E-state index in [-0.39, 0.29) is 6.04 Å². The molecule has 2 nitrogen and oxygen atoms in total. The zero-order chi connectivity index (χ0) is 12.0. The van der Waals surface area contributed by atoms with Gasteiger partial charge in [0, 0.05) is 10.2 Å². The molecule has 0 amide bonds. The number of halogens is 1. The maximum absolute atomic E-state index is 8.84. The molecule has 1 aromatic rings. The van der Waals surface area contributed by atoms with Crippen molar-refractivity contribution < 1.29 is 0 Å². The fourth-order valence-electron chi connectivity index (χ4n) is 1.42. The van der Waals surface area contributed by atoms with Gasteiger partial charge in [0.15, 0.2) is 0 Å². The summed E-state index contributed by atoms with van der Waals surface area (Å²) in [5.41, 5.74) is 1.49. The summed E-state index contributed by atoms with van der Waals surface area (Å²) < 4.78 is 0.876. The molecule has 1 atom stereocenters. The number of rotatable bonds is 4. The molecule has 0 aromatic heterocycles. The van der Waals surface area contributed by atoms with E-state index in [1.165, 1.54) is 0 Å². The van der Waals surface area contributed by atoms with Crippen LogP contribution in [0.5, 0.6) is 0 Å². The first-order valence-corrected chi connectivity index (χ1v) is 5.92. The van der Waals surface area contributed by atoms with Crippen LogP contribution in [0.1, 0.15) is 25.3 Å². The molecule has 1 aromatic carbocycles. The Labute approximate surface area is 105 Å². The van der Waals surface area contributed by atoms with Gasteiger partial charge in [-0.3, -0.25) is 0 Å². The van der Waals surface area contributed by atoms with E-state index in [1.54, 1.807) is 12.1 Å². The fourth-order valence-corrected chi connectivity index (χ4v) is 1.92. The molecule has 82 valence electrons. The summed E-state index contributed by atoms with van der Waals surface area (Å²) >= 11 is 3.36. The van der Waals surface area contributed by atoms with Crippen LogP contribution in [-0.4, -0.2) is 6.04 Å². The predicted molar refractivity (Wildman–Crippen MR) is 70.0 cm³/mol. The van der Waals surface area contributed by atoms with E-state index in [1.807, 2.05) is 6.07 Å². The van der Waals surface area contributed by atoms with Gasteiger partial charge in [0.1, 0.15) is 0 Å². The second kappa shape index (κ2) is 6.20. The molecule has 0 spiro atoms. The van der Waals surface area contributed by atoms with Gasteiger partial charge in [-0.25, -0.2) is 0 Å². The van der Waals surface area contributed by atoms with Gasteiger partial charge in [0.25, 0.3) is 0 Å². The molecule has 0 aliphatic heterocycles. The average Bonchev–Trinajstić information content (AvgIpc) is 2.27. The number of benzene rings is 1. The van der Waals surface area contributed by atoms with Crippen LogP contribution in [0.25, 0.3) is 0 Å². The highest BCUT2D eigenvalue weighted by atomic mass is 79.9. The van der Waals surface area contributed by atoms with E-state index in [0.717, 1.165) is 23.0 Å². The minimum absolute atomic E-state index is 0.0193. The summed E-state index contributed by atoms with van der Waals surface area (Å²) in [6.07, 6.45) is 7.38. The molecule has 0 aliphatic carbocycles. The Morgan fingerprint density at radius 1 is 1.50 bits per heavy atom. The lowest BCUT2D eigenvalue weighted by Gasteiger charge is -2.13. The van der Waals surface area contributed by atoms with Crippen LogP contribution < -0.4 is 5.32 Å². The lowest BCUT2D eigenvalue weighted by atomic mass is 10.1. The topological polar surface area (TPSA) is 35.8 Å². The van der Waals surface area contributed by atoms with Crippen LogP contribution >= 0.6 is 15.9 Å². The third-order valence-electron chi connectivity index (χ3n) is 2.15. The lowest BCUT2D eigenvalue weighted by molar-refractivity contribution is 0.756. The highest BCUT2D eigenvalue weighted by molar-refractivity contribution is 9.10. The molecule has 0 fully saturated rings. The van der Waals surface area contributed by atoms with Gasteiger partial charge in [-0.15, -0.1) is 6.42 Å². The number of anilines is 1. The van der Waals surface area contributed by atoms with E-state index in [0.29, 0.717) is 5.56 Å². The molecule has 1 rings (SSSR count). The first-order valence-electron chi connectivity index (χ1n) is 5.13. The zero-order valence-corrected chi connectivity index (χ0v) is 10.7. The second-order valence-corrected chi connectivity index (χ2v) is 4.41. The highest BCUT2D eigenvalue weighted by Crippen LogP contribution is 2.20. The Morgan fingerprint density at radius 3 is 2.81 bits per heavy atom. The third kappa shape index (κ3) is 3.61. The van der Waals surface area contributed by atoms with Gasteiger partial charge >= 0.3 is 0 Å². The lowest BCUT2D eigenvalue weighted by Crippen LogP contribution is -2.16. The molecule has 0 bridgehead atoms. The third-order valence-corrected chi connectivity index (χ3v) is 2.60. The SMILES string of the molecule is C#CC(CCC)Nc1cc(Br)cc(C#N)c1. The maximum Gasteiger partial charge on any atom is 0.0992 e. The van der Waals surface area contributed by atoms with Crippen molar-refractivity contribution in [2.24, 2.45) is 0 Å². The van der Waals surface area contributed by atoms with Crippen LogP contribution in [-0.2, 0) is 0 Å². The summed E-state index contributed by atoms with van der Waals surface area (Å²) in [5, 5.41) is 12.1. The summed E-state index contributed by atoms with van der Waals surface area (Å²) in [6.45, 7) is 2.09. The van der Waals surface area contributed by atoms with Crippen molar-refractivity contribution in [2.45, 2.75) is 25.8 Å². The Morgan fingerprint density at radius 2 is 2.25 bits per heavy atom. The molecule has 0 saturated heterocycles. The Hall–Kier alpha value is -1.45. The van der Waals surface area contributed by atoms with Crippen LogP contribution in [0.4, 0.5) is 5.69 Å². The Balaban J connectivity index is 2.85. The largest absolute Gasteiger partial charge is 0.371 e. The molecule has 0 saturated carbocycles. The summed E-state index contributed by atoms with van der Waals surface area (Å²) in [6, 6.07) is 7.62. The van der Waals surface area contributed by atoms with E-state index < -0.39 is 0 Å². The average molecular weight is 277 g/mol. The highest BCUT2D eigenvalue weighted by Gasteiger charge is 2.05. The quantitative estimate of drug-likeness (QED) is 0.854. The van der Waals surface area contributed by atoms with Crippen LogP contribution in [0.2, 0.25) is 0 Å². The van der Waals surface area contributed by atoms with E-state index in [2.05, 4.69) is 40.2 Å². The van der Waals surface area contributed by atoms with E-state index in [4.69, 9.17) is 11.7 Å². The van der Waals surface area contributed by atoms with Crippen molar-refractivity contribution in [1.29, 1.82) is 5.26 Å². The smallest absolute Gasteiger partial charge is 0.0992 e. The van der Waals surface area contributed by atoms with Crippen molar-refractivity contribution in [3.63, 3.8) is 0 Å². The predicted octanol–water partition coefficient (Wildman–Crippen LogP) is 3.53. The van der Waals surface area contributed by atoms with Crippen LogP contribution in [0, 0.1) is 23.7 Å². The summed E-state index contributed by atoms with van der Waals surface area (Å²) in [4.78, 5) is 0. The summed E-state index contributed by atoms with van der Waals surface area (Å²) in [7, 11) is 0. The van der Waals surface area contributed by atoms with Crippen molar-refractivity contribution in [1.82, 2.24) is 0 Å². The van der Waals surface area contributed by atoms with Crippen molar-refractivity contribution in [3.8, 4) is 18.4 Å². The number of nitrogens with zero attached hydrogens (tertiary/aromatic N) is 1. The van der Waals surface area contributed by atoms with Crippen molar-refractivity contribution >= 4 is 21.6 Å². The fraction of sp³-hybridized carbons (Fsp3) is 0.308. The van der Waals surface area contributed by atoms with Crippen LogP contribution in [0.15, 0.2) is 22.7 Å². The molecule has 16 heavy (non-hydrogen) atoms. The number of terminal acetylenes is 1. The minimum atomic E-state index is 0.0193. The van der Waals surface area contributed by atoms with Gasteiger partial charge in [-0.2, -0.15) is 5.26 Å². The first kappa shape index (κ1) is 12.6. The van der Waals surface area contributed by atoms with E-state index in [9.17, 15) is 0 Å². The molecule has 1 unspecified atom stereocenters. The Bertz CT molecular complexity index is 440. The molecular weight excluding hydrogens is 264 g/mol. The van der Waals surface area contributed by atoms with Gasteiger partial charge in [-0.1, -0.05) is 35.2 Å². The molecule has 3 heteroatoms. The monoisotopic (exact) mass is 276 g/mol. The van der Waals surface area contributed by atoms with E-state index >= 15 is 0 Å². The van der Waals surface area contributed by atoms with Gasteiger partial charge in [0.2, 0.25) is 0 Å². The van der Waals surface area contributed by atoms with Gasteiger partial charge in [-0.05, 0) is 24.6 Å². The molecular formula is C13H13BrN2. The van der Waals surface area contributed by atoms with Crippen molar-refractivity contribution in [2.75, 3.05) is 5.32 Å². The second-order valence-electron chi connectivity index (χ2n) is 3.49. The minimum Gasteiger partial charge on any atom is -0.371 e. The molecule has 0 radical (unpaired) electrons. The molecule has 0 aliphatic rings.